The van der Waals surface area contributed by atoms with Gasteiger partial charge in [0.2, 0.25) is 0 Å². The van der Waals surface area contributed by atoms with Crippen LogP contribution in [0.25, 0.3) is 0 Å². The van der Waals surface area contributed by atoms with E-state index in [0.717, 1.165) is 0 Å². The summed E-state index contributed by atoms with van der Waals surface area (Å²) < 4.78 is 39.3. The van der Waals surface area contributed by atoms with E-state index in [-0.39, 0.29) is 25.0 Å². The predicted octanol–water partition coefficient (Wildman–Crippen LogP) is 3.15. The molecule has 0 amide bonds. The first-order valence-electron chi connectivity index (χ1n) is 5.69. The molecule has 1 rings (SSSR count). The molecule has 0 saturated carbocycles. The highest BCUT2D eigenvalue weighted by molar-refractivity contribution is 5.96. The second-order valence-corrected chi connectivity index (χ2v) is 3.92. The lowest BCUT2D eigenvalue weighted by atomic mass is 10.1. The van der Waals surface area contributed by atoms with Gasteiger partial charge in [-0.05, 0) is 6.42 Å². The smallest absolute Gasteiger partial charge is 0.422 e. The van der Waals surface area contributed by atoms with Crippen LogP contribution in [0.15, 0.2) is 30.3 Å². The summed E-state index contributed by atoms with van der Waals surface area (Å²) in [6.07, 6.45) is -4.44. The number of alkyl halides is 3. The van der Waals surface area contributed by atoms with E-state index in [0.29, 0.717) is 5.56 Å². The summed E-state index contributed by atoms with van der Waals surface area (Å²) in [5.74, 6) is -1.09. The summed E-state index contributed by atoms with van der Waals surface area (Å²) in [6, 6.07) is 8.48. The largest absolute Gasteiger partial charge is 0.456 e. The maximum absolute atomic E-state index is 11.8. The normalized spacial score (nSPS) is 11.1. The number of carbonyl (C=O) groups excluding carboxylic acids is 2. The van der Waals surface area contributed by atoms with Gasteiger partial charge in [0.1, 0.15) is 0 Å². The van der Waals surface area contributed by atoms with E-state index in [1.54, 1.807) is 30.3 Å². The monoisotopic (exact) mass is 274 g/mol. The number of ketones is 1. The van der Waals surface area contributed by atoms with Crippen molar-refractivity contribution in [3.8, 4) is 0 Å². The Morgan fingerprint density at radius 1 is 1.05 bits per heavy atom. The summed E-state index contributed by atoms with van der Waals surface area (Å²) in [7, 11) is 0. The topological polar surface area (TPSA) is 43.4 Å². The van der Waals surface area contributed by atoms with E-state index in [4.69, 9.17) is 0 Å². The molecular formula is C13H13F3O3. The number of Topliss-reactive ketones (excluding diaryl/α,β-unsaturated/α-hetero) is 1. The van der Waals surface area contributed by atoms with Crippen LogP contribution in [0.1, 0.15) is 29.6 Å². The Morgan fingerprint density at radius 3 is 2.26 bits per heavy atom. The van der Waals surface area contributed by atoms with Crippen molar-refractivity contribution in [1.29, 1.82) is 0 Å². The predicted molar refractivity (Wildman–Crippen MR) is 61.6 cm³/mol. The highest BCUT2D eigenvalue weighted by Crippen LogP contribution is 2.15. The Labute approximate surface area is 108 Å². The number of halogens is 3. The third kappa shape index (κ3) is 6.59. The number of benzene rings is 1. The van der Waals surface area contributed by atoms with Gasteiger partial charge in [-0.3, -0.25) is 9.59 Å². The summed E-state index contributed by atoms with van der Waals surface area (Å²) in [6.45, 7) is -1.58. The maximum atomic E-state index is 11.8. The minimum Gasteiger partial charge on any atom is -0.456 e. The van der Waals surface area contributed by atoms with E-state index in [9.17, 15) is 22.8 Å². The molecule has 104 valence electrons. The molecule has 3 nitrogen and oxygen atoms in total. The van der Waals surface area contributed by atoms with Crippen molar-refractivity contribution in [2.75, 3.05) is 6.61 Å². The van der Waals surface area contributed by atoms with Crippen LogP contribution in [0.2, 0.25) is 0 Å². The lowest BCUT2D eigenvalue weighted by molar-refractivity contribution is -0.186. The van der Waals surface area contributed by atoms with Gasteiger partial charge in [-0.15, -0.1) is 0 Å². The Hall–Kier alpha value is -1.85. The van der Waals surface area contributed by atoms with Gasteiger partial charge in [-0.1, -0.05) is 30.3 Å². The van der Waals surface area contributed by atoms with Crippen LogP contribution in [0.3, 0.4) is 0 Å². The molecule has 6 heteroatoms. The first-order valence-corrected chi connectivity index (χ1v) is 5.69. The summed E-state index contributed by atoms with van der Waals surface area (Å²) in [5, 5.41) is 0. The summed E-state index contributed by atoms with van der Waals surface area (Å²) in [5.41, 5.74) is 0.520. The molecular weight excluding hydrogens is 261 g/mol. The molecule has 0 atom stereocenters. The van der Waals surface area contributed by atoms with E-state index in [1.807, 2.05) is 0 Å². The lowest BCUT2D eigenvalue weighted by Crippen LogP contribution is -2.20. The molecule has 0 unspecified atom stereocenters. The minimum atomic E-state index is -4.52. The average Bonchev–Trinajstić information content (AvgIpc) is 2.36. The second kappa shape index (κ2) is 6.92. The molecule has 1 aromatic carbocycles. The van der Waals surface area contributed by atoms with Crippen molar-refractivity contribution in [3.05, 3.63) is 35.9 Å². The van der Waals surface area contributed by atoms with Crippen LogP contribution >= 0.6 is 0 Å². The third-order valence-electron chi connectivity index (χ3n) is 2.28. The van der Waals surface area contributed by atoms with Crippen molar-refractivity contribution in [3.63, 3.8) is 0 Å². The Balaban J connectivity index is 2.24. The third-order valence-corrected chi connectivity index (χ3v) is 2.28. The molecule has 0 aromatic heterocycles. The quantitative estimate of drug-likeness (QED) is 0.591. The minimum absolute atomic E-state index is 0.102. The average molecular weight is 274 g/mol. The van der Waals surface area contributed by atoms with Crippen molar-refractivity contribution in [1.82, 2.24) is 0 Å². The first kappa shape index (κ1) is 15.2. The van der Waals surface area contributed by atoms with Gasteiger partial charge >= 0.3 is 12.1 Å². The molecule has 0 radical (unpaired) electrons. The maximum Gasteiger partial charge on any atom is 0.422 e. The molecule has 0 aliphatic heterocycles. The zero-order valence-electron chi connectivity index (χ0n) is 10.1. The highest BCUT2D eigenvalue weighted by Gasteiger charge is 2.29. The van der Waals surface area contributed by atoms with E-state index in [1.165, 1.54) is 0 Å². The number of hydrogen-bond acceptors (Lipinski definition) is 3. The van der Waals surface area contributed by atoms with Gasteiger partial charge in [0.15, 0.2) is 12.4 Å². The number of ether oxygens (including phenoxy) is 1. The fraction of sp³-hybridized carbons (Fsp3) is 0.385. The molecule has 0 spiro atoms. The number of hydrogen-bond donors (Lipinski definition) is 0. The van der Waals surface area contributed by atoms with E-state index in [2.05, 4.69) is 4.74 Å². The fourth-order valence-corrected chi connectivity index (χ4v) is 1.40. The van der Waals surface area contributed by atoms with Crippen LogP contribution in [-0.4, -0.2) is 24.5 Å². The highest BCUT2D eigenvalue weighted by atomic mass is 19.4. The molecule has 0 heterocycles. The fourth-order valence-electron chi connectivity index (χ4n) is 1.40. The van der Waals surface area contributed by atoms with E-state index >= 15 is 0 Å². The molecule has 0 aliphatic rings. The summed E-state index contributed by atoms with van der Waals surface area (Å²) in [4.78, 5) is 22.6. The van der Waals surface area contributed by atoms with Gasteiger partial charge in [0.05, 0.1) is 0 Å². The molecule has 0 saturated heterocycles. The van der Waals surface area contributed by atoms with Gasteiger partial charge in [0.25, 0.3) is 0 Å². The number of carbonyl (C=O) groups is 2. The molecule has 0 N–H and O–H groups in total. The van der Waals surface area contributed by atoms with Gasteiger partial charge in [-0.25, -0.2) is 0 Å². The molecule has 0 bridgehead atoms. The summed E-state index contributed by atoms with van der Waals surface area (Å²) >= 11 is 0. The first-order chi connectivity index (χ1) is 8.88. The van der Waals surface area contributed by atoms with Gasteiger partial charge in [0, 0.05) is 18.4 Å². The van der Waals surface area contributed by atoms with Crippen LogP contribution in [0, 0.1) is 0 Å². The number of rotatable bonds is 6. The van der Waals surface area contributed by atoms with Crippen LogP contribution < -0.4 is 0 Å². The van der Waals surface area contributed by atoms with Crippen molar-refractivity contribution in [2.24, 2.45) is 0 Å². The van der Waals surface area contributed by atoms with Crippen LogP contribution in [-0.2, 0) is 9.53 Å². The van der Waals surface area contributed by atoms with Crippen molar-refractivity contribution >= 4 is 11.8 Å². The number of esters is 1. The van der Waals surface area contributed by atoms with Crippen LogP contribution in [0.4, 0.5) is 13.2 Å². The molecule has 0 fully saturated rings. The van der Waals surface area contributed by atoms with Crippen LogP contribution in [0.5, 0.6) is 0 Å². The van der Waals surface area contributed by atoms with Crippen molar-refractivity contribution in [2.45, 2.75) is 25.4 Å². The lowest BCUT2D eigenvalue weighted by Gasteiger charge is -2.07. The zero-order chi connectivity index (χ0) is 14.3. The molecule has 1 aromatic rings. The SMILES string of the molecule is O=C(CCCC(=O)c1ccccc1)OCC(F)(F)F. The Bertz CT molecular complexity index is 427. The zero-order valence-corrected chi connectivity index (χ0v) is 10.1. The standard InChI is InChI=1S/C13H13F3O3/c14-13(15,16)9-19-12(18)8-4-7-11(17)10-5-2-1-3-6-10/h1-3,5-6H,4,7-9H2. The second-order valence-electron chi connectivity index (χ2n) is 3.92. The Kier molecular flexibility index (Phi) is 5.54. The van der Waals surface area contributed by atoms with Crippen molar-refractivity contribution < 1.29 is 27.5 Å². The van der Waals surface area contributed by atoms with Gasteiger partial charge in [-0.2, -0.15) is 13.2 Å². The van der Waals surface area contributed by atoms with E-state index < -0.39 is 18.8 Å². The Morgan fingerprint density at radius 2 is 1.68 bits per heavy atom. The molecule has 19 heavy (non-hydrogen) atoms. The van der Waals surface area contributed by atoms with Gasteiger partial charge < -0.3 is 4.74 Å². The molecule has 0 aliphatic carbocycles.